The van der Waals surface area contributed by atoms with Gasteiger partial charge in [0.2, 0.25) is 5.95 Å². The van der Waals surface area contributed by atoms with Gasteiger partial charge < -0.3 is 15.7 Å². The van der Waals surface area contributed by atoms with Gasteiger partial charge in [0.15, 0.2) is 0 Å². The largest absolute Gasteiger partial charge is 0.394 e. The summed E-state index contributed by atoms with van der Waals surface area (Å²) in [6.07, 6.45) is 0. The third-order valence-electron chi connectivity index (χ3n) is 4.56. The topological polar surface area (TPSA) is 70.1 Å². The molecule has 0 spiro atoms. The minimum absolute atomic E-state index is 0.0174. The van der Waals surface area contributed by atoms with E-state index in [1.54, 1.807) is 6.07 Å². The number of hydrogen-bond acceptors (Lipinski definition) is 5. The SMILES string of the molecule is Cc1cc(F)ccc1Nc1cc(-c2ccccc2)nc(N[C@@H](CO)C(C)C)n1. The van der Waals surface area contributed by atoms with Crippen molar-refractivity contribution in [3.63, 3.8) is 0 Å². The fraction of sp³-hybridized carbons (Fsp3) is 0.273. The van der Waals surface area contributed by atoms with E-state index in [1.807, 2.05) is 57.2 Å². The molecule has 0 bridgehead atoms. The fourth-order valence-electron chi connectivity index (χ4n) is 2.83. The molecule has 1 atom stereocenters. The van der Waals surface area contributed by atoms with Crippen LogP contribution in [0.2, 0.25) is 0 Å². The Morgan fingerprint density at radius 2 is 1.79 bits per heavy atom. The van der Waals surface area contributed by atoms with Crippen LogP contribution in [0, 0.1) is 18.7 Å². The van der Waals surface area contributed by atoms with Crippen molar-refractivity contribution in [1.29, 1.82) is 0 Å². The Bertz CT molecular complexity index is 931. The molecule has 0 amide bonds. The number of halogens is 1. The van der Waals surface area contributed by atoms with Crippen LogP contribution in [-0.2, 0) is 0 Å². The van der Waals surface area contributed by atoms with Crippen molar-refractivity contribution >= 4 is 17.5 Å². The van der Waals surface area contributed by atoms with E-state index in [2.05, 4.69) is 20.6 Å². The van der Waals surface area contributed by atoms with Crippen LogP contribution in [-0.4, -0.2) is 27.7 Å². The zero-order chi connectivity index (χ0) is 20.1. The number of aliphatic hydroxyl groups is 1. The molecule has 3 aromatic rings. The molecule has 3 rings (SSSR count). The molecule has 0 aliphatic rings. The first-order valence-electron chi connectivity index (χ1n) is 9.31. The van der Waals surface area contributed by atoms with Crippen molar-refractivity contribution in [2.45, 2.75) is 26.8 Å². The first kappa shape index (κ1) is 19.8. The fourth-order valence-corrected chi connectivity index (χ4v) is 2.83. The summed E-state index contributed by atoms with van der Waals surface area (Å²) in [5.74, 6) is 0.952. The molecule has 0 aliphatic heterocycles. The second-order valence-electron chi connectivity index (χ2n) is 7.09. The second kappa shape index (κ2) is 8.80. The number of aromatic nitrogens is 2. The molecule has 146 valence electrons. The van der Waals surface area contributed by atoms with E-state index in [1.165, 1.54) is 12.1 Å². The molecule has 3 N–H and O–H groups in total. The van der Waals surface area contributed by atoms with Gasteiger partial charge in [-0.25, -0.2) is 9.37 Å². The number of nitrogens with zero attached hydrogens (tertiary/aromatic N) is 2. The summed E-state index contributed by atoms with van der Waals surface area (Å²) >= 11 is 0. The minimum atomic E-state index is -0.277. The molecule has 1 aromatic heterocycles. The molecule has 0 saturated carbocycles. The number of nitrogens with one attached hydrogen (secondary N) is 2. The Kier molecular flexibility index (Phi) is 6.21. The lowest BCUT2D eigenvalue weighted by Crippen LogP contribution is -2.30. The summed E-state index contributed by atoms with van der Waals surface area (Å²) in [6.45, 7) is 5.87. The molecule has 2 aromatic carbocycles. The predicted molar refractivity (Wildman–Crippen MR) is 111 cm³/mol. The van der Waals surface area contributed by atoms with Crippen LogP contribution in [0.15, 0.2) is 54.6 Å². The first-order valence-corrected chi connectivity index (χ1v) is 9.31. The van der Waals surface area contributed by atoms with Crippen LogP contribution in [0.1, 0.15) is 19.4 Å². The number of hydrogen-bond donors (Lipinski definition) is 3. The van der Waals surface area contributed by atoms with Gasteiger partial charge in [-0.2, -0.15) is 4.98 Å². The van der Waals surface area contributed by atoms with Crippen molar-refractivity contribution in [2.24, 2.45) is 5.92 Å². The standard InChI is InChI=1S/C22H25FN4O/c1-14(2)20(13-28)26-22-25-19(16-7-5-4-6-8-16)12-21(27-22)24-18-10-9-17(23)11-15(18)3/h4-12,14,20,28H,13H2,1-3H3,(H2,24,25,26,27)/t20-/m0/s1. The second-order valence-corrected chi connectivity index (χ2v) is 7.09. The van der Waals surface area contributed by atoms with Crippen molar-refractivity contribution in [3.8, 4) is 11.3 Å². The lowest BCUT2D eigenvalue weighted by atomic mass is 10.1. The monoisotopic (exact) mass is 380 g/mol. The molecule has 28 heavy (non-hydrogen) atoms. The summed E-state index contributed by atoms with van der Waals surface area (Å²) < 4.78 is 13.4. The quantitative estimate of drug-likeness (QED) is 0.551. The highest BCUT2D eigenvalue weighted by atomic mass is 19.1. The van der Waals surface area contributed by atoms with Crippen LogP contribution >= 0.6 is 0 Å². The van der Waals surface area contributed by atoms with Gasteiger partial charge >= 0.3 is 0 Å². The molecular formula is C22H25FN4O. The highest BCUT2D eigenvalue weighted by molar-refractivity contribution is 5.68. The van der Waals surface area contributed by atoms with Crippen LogP contribution in [0.25, 0.3) is 11.3 Å². The van der Waals surface area contributed by atoms with Crippen LogP contribution in [0.4, 0.5) is 21.8 Å². The molecule has 6 heteroatoms. The lowest BCUT2D eigenvalue weighted by molar-refractivity contribution is 0.248. The summed E-state index contributed by atoms with van der Waals surface area (Å²) in [7, 11) is 0. The van der Waals surface area contributed by atoms with Crippen molar-refractivity contribution in [1.82, 2.24) is 9.97 Å². The first-order chi connectivity index (χ1) is 13.5. The Balaban J connectivity index is 1.99. The molecule has 1 heterocycles. The maximum atomic E-state index is 13.4. The predicted octanol–water partition coefficient (Wildman–Crippen LogP) is 4.76. The van der Waals surface area contributed by atoms with E-state index in [0.717, 1.165) is 22.5 Å². The average Bonchev–Trinajstić information content (AvgIpc) is 2.68. The maximum Gasteiger partial charge on any atom is 0.225 e. The molecule has 0 fully saturated rings. The van der Waals surface area contributed by atoms with E-state index in [0.29, 0.717) is 11.8 Å². The number of benzene rings is 2. The van der Waals surface area contributed by atoms with Gasteiger partial charge in [0.1, 0.15) is 11.6 Å². The van der Waals surface area contributed by atoms with Gasteiger partial charge in [-0.3, -0.25) is 0 Å². The molecule has 0 radical (unpaired) electrons. The molecule has 0 saturated heterocycles. The van der Waals surface area contributed by atoms with E-state index < -0.39 is 0 Å². The Morgan fingerprint density at radius 3 is 2.43 bits per heavy atom. The number of anilines is 3. The zero-order valence-electron chi connectivity index (χ0n) is 16.3. The third kappa shape index (κ3) is 4.84. The third-order valence-corrected chi connectivity index (χ3v) is 4.56. The van der Waals surface area contributed by atoms with Crippen molar-refractivity contribution < 1.29 is 9.50 Å². The van der Waals surface area contributed by atoms with Crippen LogP contribution in [0.5, 0.6) is 0 Å². The Hall–Kier alpha value is -2.99. The van der Waals surface area contributed by atoms with E-state index in [9.17, 15) is 9.50 Å². The van der Waals surface area contributed by atoms with Gasteiger partial charge in [0.25, 0.3) is 0 Å². The summed E-state index contributed by atoms with van der Waals surface area (Å²) in [6, 6.07) is 16.1. The number of rotatable bonds is 7. The van der Waals surface area contributed by atoms with E-state index in [4.69, 9.17) is 0 Å². The lowest BCUT2D eigenvalue weighted by Gasteiger charge is -2.21. The van der Waals surface area contributed by atoms with Crippen molar-refractivity contribution in [3.05, 3.63) is 66.0 Å². The highest BCUT2D eigenvalue weighted by Crippen LogP contribution is 2.26. The zero-order valence-corrected chi connectivity index (χ0v) is 16.3. The highest BCUT2D eigenvalue weighted by Gasteiger charge is 2.15. The Morgan fingerprint density at radius 1 is 1.04 bits per heavy atom. The molecule has 0 aliphatic carbocycles. The molecule has 5 nitrogen and oxygen atoms in total. The number of aryl methyl sites for hydroxylation is 1. The van der Waals surface area contributed by atoms with E-state index >= 15 is 0 Å². The molecular weight excluding hydrogens is 355 g/mol. The van der Waals surface area contributed by atoms with Crippen LogP contribution in [0.3, 0.4) is 0 Å². The summed E-state index contributed by atoms with van der Waals surface area (Å²) in [4.78, 5) is 9.17. The summed E-state index contributed by atoms with van der Waals surface area (Å²) in [5.41, 5.74) is 3.26. The summed E-state index contributed by atoms with van der Waals surface area (Å²) in [5, 5.41) is 16.1. The Labute approximate surface area is 164 Å². The smallest absolute Gasteiger partial charge is 0.225 e. The normalized spacial score (nSPS) is 12.1. The van der Waals surface area contributed by atoms with Gasteiger partial charge in [0.05, 0.1) is 18.3 Å². The van der Waals surface area contributed by atoms with Crippen molar-refractivity contribution in [2.75, 3.05) is 17.2 Å². The van der Waals surface area contributed by atoms with Gasteiger partial charge in [0, 0.05) is 17.3 Å². The van der Waals surface area contributed by atoms with Gasteiger partial charge in [-0.1, -0.05) is 44.2 Å². The van der Waals surface area contributed by atoms with Gasteiger partial charge in [-0.15, -0.1) is 0 Å². The average molecular weight is 380 g/mol. The number of aliphatic hydroxyl groups excluding tert-OH is 1. The van der Waals surface area contributed by atoms with Gasteiger partial charge in [-0.05, 0) is 36.6 Å². The van der Waals surface area contributed by atoms with Crippen LogP contribution < -0.4 is 10.6 Å². The van der Waals surface area contributed by atoms with E-state index in [-0.39, 0.29) is 24.4 Å². The molecule has 0 unspecified atom stereocenters. The maximum absolute atomic E-state index is 13.4. The minimum Gasteiger partial charge on any atom is -0.394 e.